The SMILES string of the molecule is O=C(CCn1ncc(=O)c2ccccc21)Nc1ccc(S(=O)(=O)NCc2ccco2)cc1. The van der Waals surface area contributed by atoms with E-state index in [4.69, 9.17) is 4.42 Å². The molecule has 4 rings (SSSR count). The number of amides is 1. The molecule has 0 aliphatic carbocycles. The molecule has 164 valence electrons. The number of carbonyl (C=O) groups excluding carboxylic acids is 1. The number of nitrogens with zero attached hydrogens (tertiary/aromatic N) is 2. The third kappa shape index (κ3) is 4.93. The van der Waals surface area contributed by atoms with E-state index < -0.39 is 10.0 Å². The highest BCUT2D eigenvalue weighted by Gasteiger charge is 2.14. The maximum absolute atomic E-state index is 12.4. The van der Waals surface area contributed by atoms with Gasteiger partial charge in [0.25, 0.3) is 0 Å². The minimum Gasteiger partial charge on any atom is -0.468 e. The fourth-order valence-electron chi connectivity index (χ4n) is 3.15. The number of aryl methyl sites for hydroxylation is 1. The van der Waals surface area contributed by atoms with Crippen LogP contribution in [0.4, 0.5) is 5.69 Å². The van der Waals surface area contributed by atoms with Crippen molar-refractivity contribution in [3.8, 4) is 0 Å². The second-order valence-corrected chi connectivity index (χ2v) is 8.74. The van der Waals surface area contributed by atoms with Gasteiger partial charge in [0.2, 0.25) is 21.4 Å². The van der Waals surface area contributed by atoms with Gasteiger partial charge in [-0.15, -0.1) is 0 Å². The summed E-state index contributed by atoms with van der Waals surface area (Å²) in [6.07, 6.45) is 2.83. The predicted octanol–water partition coefficient (Wildman–Crippen LogP) is 2.50. The Morgan fingerprint density at radius 3 is 2.56 bits per heavy atom. The van der Waals surface area contributed by atoms with Crippen LogP contribution in [0.2, 0.25) is 0 Å². The number of hydrogen-bond donors (Lipinski definition) is 2. The monoisotopic (exact) mass is 452 g/mol. The Hall–Kier alpha value is -3.76. The van der Waals surface area contributed by atoms with Gasteiger partial charge in [-0.2, -0.15) is 5.10 Å². The Labute approximate surface area is 183 Å². The number of benzene rings is 2. The molecule has 0 saturated heterocycles. The zero-order chi connectivity index (χ0) is 22.6. The second-order valence-electron chi connectivity index (χ2n) is 6.98. The summed E-state index contributed by atoms with van der Waals surface area (Å²) in [5.41, 5.74) is 0.956. The van der Waals surface area contributed by atoms with Gasteiger partial charge in [0.1, 0.15) is 5.76 Å². The number of carbonyl (C=O) groups is 1. The highest BCUT2D eigenvalue weighted by molar-refractivity contribution is 7.89. The van der Waals surface area contributed by atoms with Crippen molar-refractivity contribution in [2.75, 3.05) is 5.32 Å². The highest BCUT2D eigenvalue weighted by Crippen LogP contribution is 2.15. The van der Waals surface area contributed by atoms with Gasteiger partial charge in [-0.1, -0.05) is 12.1 Å². The largest absolute Gasteiger partial charge is 0.468 e. The van der Waals surface area contributed by atoms with E-state index in [9.17, 15) is 18.0 Å². The molecule has 0 unspecified atom stereocenters. The van der Waals surface area contributed by atoms with Gasteiger partial charge in [0, 0.05) is 17.5 Å². The van der Waals surface area contributed by atoms with Gasteiger partial charge in [-0.3, -0.25) is 14.3 Å². The Kier molecular flexibility index (Phi) is 6.15. The first-order chi connectivity index (χ1) is 15.4. The fourth-order valence-corrected chi connectivity index (χ4v) is 4.14. The number of nitrogens with one attached hydrogen (secondary N) is 2. The standard InChI is InChI=1S/C22H20N4O5S/c27-21-15-23-26(20-6-2-1-5-19(20)21)12-11-22(28)25-16-7-9-18(10-8-16)32(29,30)24-14-17-4-3-13-31-17/h1-10,13,15,24H,11-12,14H2,(H,25,28). The minimum absolute atomic E-state index is 0.0432. The number of sulfonamides is 1. The average molecular weight is 452 g/mol. The molecule has 4 aromatic rings. The van der Waals surface area contributed by atoms with Crippen molar-refractivity contribution in [1.82, 2.24) is 14.5 Å². The molecule has 0 bridgehead atoms. The number of aromatic nitrogens is 2. The van der Waals surface area contributed by atoms with Crippen LogP contribution in [0.25, 0.3) is 10.9 Å². The van der Waals surface area contributed by atoms with Crippen LogP contribution < -0.4 is 15.5 Å². The summed E-state index contributed by atoms with van der Waals surface area (Å²) < 4.78 is 33.9. The number of hydrogen-bond acceptors (Lipinski definition) is 6. The maximum atomic E-state index is 12.4. The Morgan fingerprint density at radius 1 is 1.03 bits per heavy atom. The van der Waals surface area contributed by atoms with Crippen LogP contribution >= 0.6 is 0 Å². The van der Waals surface area contributed by atoms with E-state index in [0.29, 0.717) is 22.4 Å². The first kappa shape index (κ1) is 21.5. The summed E-state index contributed by atoms with van der Waals surface area (Å²) in [6.45, 7) is 0.331. The van der Waals surface area contributed by atoms with Crippen LogP contribution in [0.5, 0.6) is 0 Å². The Morgan fingerprint density at radius 2 is 1.81 bits per heavy atom. The van der Waals surface area contributed by atoms with Gasteiger partial charge in [-0.05, 0) is 48.5 Å². The average Bonchev–Trinajstić information content (AvgIpc) is 3.32. The van der Waals surface area contributed by atoms with Crippen LogP contribution in [-0.2, 0) is 27.9 Å². The molecule has 0 saturated carbocycles. The molecular weight excluding hydrogens is 432 g/mol. The molecule has 0 aliphatic heterocycles. The molecule has 32 heavy (non-hydrogen) atoms. The highest BCUT2D eigenvalue weighted by atomic mass is 32.2. The molecule has 0 spiro atoms. The van der Waals surface area contributed by atoms with E-state index in [1.54, 1.807) is 41.1 Å². The lowest BCUT2D eigenvalue weighted by atomic mass is 10.2. The molecular formula is C22H20N4O5S. The van der Waals surface area contributed by atoms with E-state index in [1.807, 2.05) is 0 Å². The number of furan rings is 1. The van der Waals surface area contributed by atoms with Crippen molar-refractivity contribution in [3.05, 3.63) is 89.1 Å². The zero-order valence-electron chi connectivity index (χ0n) is 16.9. The summed E-state index contributed by atoms with van der Waals surface area (Å²) >= 11 is 0. The van der Waals surface area contributed by atoms with Crippen LogP contribution in [0.1, 0.15) is 12.2 Å². The number of fused-ring (bicyclic) bond motifs is 1. The lowest BCUT2D eigenvalue weighted by Crippen LogP contribution is -2.23. The summed E-state index contributed by atoms with van der Waals surface area (Å²) in [4.78, 5) is 24.3. The van der Waals surface area contributed by atoms with E-state index in [1.165, 1.54) is 36.7 Å². The number of rotatable bonds is 8. The molecule has 2 aromatic heterocycles. The van der Waals surface area contributed by atoms with Gasteiger partial charge < -0.3 is 9.73 Å². The molecule has 2 aromatic carbocycles. The molecule has 9 nitrogen and oxygen atoms in total. The first-order valence-electron chi connectivity index (χ1n) is 9.79. The topological polar surface area (TPSA) is 123 Å². The second kappa shape index (κ2) is 9.16. The van der Waals surface area contributed by atoms with E-state index >= 15 is 0 Å². The van der Waals surface area contributed by atoms with Gasteiger partial charge in [0.15, 0.2) is 0 Å². The van der Waals surface area contributed by atoms with Gasteiger partial charge in [0.05, 0.1) is 36.0 Å². The minimum atomic E-state index is -3.71. The van der Waals surface area contributed by atoms with Crippen LogP contribution in [0.15, 0.2) is 87.2 Å². The van der Waals surface area contributed by atoms with E-state index in [0.717, 1.165) is 0 Å². The maximum Gasteiger partial charge on any atom is 0.240 e. The van der Waals surface area contributed by atoms with Gasteiger partial charge >= 0.3 is 0 Å². The summed E-state index contributed by atoms with van der Waals surface area (Å²) in [5, 5.41) is 7.38. The molecule has 2 N–H and O–H groups in total. The smallest absolute Gasteiger partial charge is 0.240 e. The third-order valence-corrected chi connectivity index (χ3v) is 6.19. The predicted molar refractivity (Wildman–Crippen MR) is 118 cm³/mol. The summed E-state index contributed by atoms with van der Waals surface area (Å²) in [7, 11) is -3.71. The molecule has 0 radical (unpaired) electrons. The zero-order valence-corrected chi connectivity index (χ0v) is 17.7. The molecule has 10 heteroatoms. The molecule has 0 aliphatic rings. The number of anilines is 1. The van der Waals surface area contributed by atoms with Crippen LogP contribution in [0, 0.1) is 0 Å². The lowest BCUT2D eigenvalue weighted by Gasteiger charge is -2.10. The third-order valence-electron chi connectivity index (χ3n) is 4.78. The Balaban J connectivity index is 1.36. The van der Waals surface area contributed by atoms with Crippen molar-refractivity contribution in [2.24, 2.45) is 0 Å². The van der Waals surface area contributed by atoms with Crippen molar-refractivity contribution >= 4 is 32.5 Å². The molecule has 0 fully saturated rings. The van der Waals surface area contributed by atoms with Crippen molar-refractivity contribution in [1.29, 1.82) is 0 Å². The first-order valence-corrected chi connectivity index (χ1v) is 11.3. The molecule has 1 amide bonds. The molecule has 2 heterocycles. The quantitative estimate of drug-likeness (QED) is 0.423. The van der Waals surface area contributed by atoms with E-state index in [-0.39, 0.29) is 35.7 Å². The normalized spacial score (nSPS) is 11.5. The van der Waals surface area contributed by atoms with Gasteiger partial charge in [-0.25, -0.2) is 13.1 Å². The fraction of sp³-hybridized carbons (Fsp3) is 0.136. The molecule has 0 atom stereocenters. The van der Waals surface area contributed by atoms with Crippen LogP contribution in [-0.4, -0.2) is 24.1 Å². The summed E-state index contributed by atoms with van der Waals surface area (Å²) in [6, 6.07) is 16.3. The Bertz CT molecular complexity index is 1390. The van der Waals surface area contributed by atoms with Crippen molar-refractivity contribution < 1.29 is 17.6 Å². The van der Waals surface area contributed by atoms with E-state index in [2.05, 4.69) is 15.1 Å². The summed E-state index contributed by atoms with van der Waals surface area (Å²) in [5.74, 6) is 0.239. The number of para-hydroxylation sites is 1. The van der Waals surface area contributed by atoms with Crippen LogP contribution in [0.3, 0.4) is 0 Å². The van der Waals surface area contributed by atoms with Crippen molar-refractivity contribution in [2.45, 2.75) is 24.4 Å². The lowest BCUT2D eigenvalue weighted by molar-refractivity contribution is -0.116. The van der Waals surface area contributed by atoms with Crippen molar-refractivity contribution in [3.63, 3.8) is 0 Å².